The predicted molar refractivity (Wildman–Crippen MR) is 97.2 cm³/mol. The molecule has 27 heavy (non-hydrogen) atoms. The first-order chi connectivity index (χ1) is 13.1. The summed E-state index contributed by atoms with van der Waals surface area (Å²) in [6.07, 6.45) is 0.702. The third-order valence-corrected chi connectivity index (χ3v) is 5.13. The molecule has 2 aromatic carbocycles. The van der Waals surface area contributed by atoms with Gasteiger partial charge in [0, 0.05) is 24.7 Å². The fraction of sp³-hybridized carbons (Fsp3) is 0.350. The highest BCUT2D eigenvalue weighted by molar-refractivity contribution is 6.31. The third kappa shape index (κ3) is 4.01. The fourth-order valence-electron chi connectivity index (χ4n) is 3.31. The molecule has 142 valence electrons. The van der Waals surface area contributed by atoms with Gasteiger partial charge in [0.2, 0.25) is 12.7 Å². The third-order valence-electron chi connectivity index (χ3n) is 4.78. The van der Waals surface area contributed by atoms with E-state index in [1.165, 1.54) is 12.1 Å². The second kappa shape index (κ2) is 7.74. The van der Waals surface area contributed by atoms with E-state index in [9.17, 15) is 9.18 Å². The summed E-state index contributed by atoms with van der Waals surface area (Å²) in [7, 11) is 0. The smallest absolute Gasteiger partial charge is 0.231 e. The van der Waals surface area contributed by atoms with Crippen LogP contribution in [-0.4, -0.2) is 30.8 Å². The minimum atomic E-state index is -0.401. The lowest BCUT2D eigenvalue weighted by molar-refractivity contribution is -0.136. The number of fused-ring (bicyclic) bond motifs is 1. The highest BCUT2D eigenvalue weighted by Crippen LogP contribution is 2.33. The average Bonchev–Trinajstić information content (AvgIpc) is 3.34. The lowest BCUT2D eigenvalue weighted by atomic mass is 10.1. The zero-order chi connectivity index (χ0) is 18.8. The monoisotopic (exact) mass is 391 g/mol. The van der Waals surface area contributed by atoms with E-state index < -0.39 is 5.82 Å². The van der Waals surface area contributed by atoms with Gasteiger partial charge in [-0.15, -0.1) is 0 Å². The van der Waals surface area contributed by atoms with Crippen LogP contribution in [-0.2, 0) is 22.6 Å². The van der Waals surface area contributed by atoms with Crippen LogP contribution in [0.25, 0.3) is 0 Å². The van der Waals surface area contributed by atoms with Crippen LogP contribution in [0.5, 0.6) is 11.5 Å². The van der Waals surface area contributed by atoms with Gasteiger partial charge in [-0.1, -0.05) is 23.7 Å². The summed E-state index contributed by atoms with van der Waals surface area (Å²) >= 11 is 6.18. The van der Waals surface area contributed by atoms with Gasteiger partial charge in [-0.05, 0) is 41.8 Å². The number of hydrogen-bond acceptors (Lipinski definition) is 4. The largest absolute Gasteiger partial charge is 0.454 e. The molecule has 0 spiro atoms. The van der Waals surface area contributed by atoms with Crippen LogP contribution in [0.4, 0.5) is 4.39 Å². The Bertz CT molecular complexity index is 854. The normalized spacial score (nSPS) is 17.9. The molecule has 0 aliphatic carbocycles. The van der Waals surface area contributed by atoms with Gasteiger partial charge >= 0.3 is 0 Å². The number of carbonyl (C=O) groups excluding carboxylic acids is 1. The summed E-state index contributed by atoms with van der Waals surface area (Å²) in [5, 5.41) is 0.307. The number of ether oxygens (including phenoxy) is 3. The van der Waals surface area contributed by atoms with Crippen LogP contribution in [0.1, 0.15) is 17.5 Å². The van der Waals surface area contributed by atoms with E-state index in [2.05, 4.69) is 0 Å². The van der Waals surface area contributed by atoms with Crippen molar-refractivity contribution >= 4 is 17.5 Å². The number of benzene rings is 2. The Hall–Kier alpha value is -2.31. The molecular weight excluding hydrogens is 373 g/mol. The first-order valence-corrected chi connectivity index (χ1v) is 9.17. The molecule has 7 heteroatoms. The summed E-state index contributed by atoms with van der Waals surface area (Å²) < 4.78 is 29.5. The van der Waals surface area contributed by atoms with E-state index in [-0.39, 0.29) is 18.6 Å². The Labute approximate surface area is 161 Å². The number of amides is 1. The topological polar surface area (TPSA) is 48.0 Å². The van der Waals surface area contributed by atoms with Gasteiger partial charge in [-0.3, -0.25) is 4.79 Å². The van der Waals surface area contributed by atoms with Gasteiger partial charge in [0.25, 0.3) is 0 Å². The fourth-order valence-corrected chi connectivity index (χ4v) is 3.54. The molecule has 4 rings (SSSR count). The van der Waals surface area contributed by atoms with Crippen molar-refractivity contribution in [1.29, 1.82) is 0 Å². The van der Waals surface area contributed by atoms with E-state index in [1.807, 2.05) is 18.2 Å². The number of carbonyl (C=O) groups is 1. The highest BCUT2D eigenvalue weighted by atomic mass is 35.5. The maximum Gasteiger partial charge on any atom is 0.231 e. The average molecular weight is 392 g/mol. The quantitative estimate of drug-likeness (QED) is 0.778. The molecule has 0 radical (unpaired) electrons. The van der Waals surface area contributed by atoms with E-state index in [0.717, 1.165) is 5.56 Å². The van der Waals surface area contributed by atoms with Gasteiger partial charge in [0.05, 0.1) is 12.5 Å². The van der Waals surface area contributed by atoms with Crippen LogP contribution < -0.4 is 9.47 Å². The molecular formula is C20H19ClFNO4. The first kappa shape index (κ1) is 18.1. The standard InChI is InChI=1S/C20H19ClFNO4/c21-17-8-16(22)3-2-14(17)10-23(20(24)15-5-6-25-11-15)9-13-1-4-18-19(7-13)27-12-26-18/h1-4,7-8,15H,5-6,9-12H2. The molecule has 0 N–H and O–H groups in total. The second-order valence-corrected chi connectivity index (χ2v) is 7.09. The minimum Gasteiger partial charge on any atom is -0.454 e. The molecule has 5 nitrogen and oxygen atoms in total. The van der Waals surface area contributed by atoms with E-state index >= 15 is 0 Å². The van der Waals surface area contributed by atoms with Crippen molar-refractivity contribution in [3.63, 3.8) is 0 Å². The molecule has 2 aliphatic heterocycles. The lowest BCUT2D eigenvalue weighted by Crippen LogP contribution is -2.35. The summed E-state index contributed by atoms with van der Waals surface area (Å²) in [6.45, 7) is 1.90. The molecule has 2 aromatic rings. The lowest BCUT2D eigenvalue weighted by Gasteiger charge is -2.26. The van der Waals surface area contributed by atoms with Crippen molar-refractivity contribution in [2.45, 2.75) is 19.5 Å². The van der Waals surface area contributed by atoms with E-state index in [1.54, 1.807) is 11.0 Å². The van der Waals surface area contributed by atoms with Crippen molar-refractivity contribution in [2.24, 2.45) is 5.92 Å². The minimum absolute atomic E-state index is 0.00515. The summed E-state index contributed by atoms with van der Waals surface area (Å²) in [6, 6.07) is 9.85. The second-order valence-electron chi connectivity index (χ2n) is 6.68. The summed E-state index contributed by atoms with van der Waals surface area (Å²) in [5.74, 6) is 0.802. The Kier molecular flexibility index (Phi) is 5.18. The van der Waals surface area contributed by atoms with Gasteiger partial charge in [-0.25, -0.2) is 4.39 Å². The Balaban J connectivity index is 1.58. The maximum atomic E-state index is 13.4. The van der Waals surface area contributed by atoms with Gasteiger partial charge in [0.1, 0.15) is 5.82 Å². The van der Waals surface area contributed by atoms with E-state index in [4.69, 9.17) is 25.8 Å². The van der Waals surface area contributed by atoms with Crippen LogP contribution in [0.3, 0.4) is 0 Å². The molecule has 0 aromatic heterocycles. The highest BCUT2D eigenvalue weighted by Gasteiger charge is 2.29. The Morgan fingerprint density at radius 2 is 2.00 bits per heavy atom. The molecule has 0 saturated carbocycles. The Morgan fingerprint density at radius 1 is 1.15 bits per heavy atom. The molecule has 1 atom stereocenters. The Morgan fingerprint density at radius 3 is 2.78 bits per heavy atom. The van der Waals surface area contributed by atoms with Gasteiger partial charge < -0.3 is 19.1 Å². The molecule has 1 fully saturated rings. The van der Waals surface area contributed by atoms with Crippen molar-refractivity contribution < 1.29 is 23.4 Å². The zero-order valence-electron chi connectivity index (χ0n) is 14.6. The first-order valence-electron chi connectivity index (χ1n) is 8.79. The van der Waals surface area contributed by atoms with Crippen LogP contribution in [0.15, 0.2) is 36.4 Å². The summed E-state index contributed by atoms with van der Waals surface area (Å²) in [5.41, 5.74) is 1.62. The summed E-state index contributed by atoms with van der Waals surface area (Å²) in [4.78, 5) is 14.8. The van der Waals surface area contributed by atoms with Crippen molar-refractivity contribution in [3.05, 3.63) is 58.4 Å². The molecule has 2 aliphatic rings. The zero-order valence-corrected chi connectivity index (χ0v) is 15.4. The van der Waals surface area contributed by atoms with Crippen LogP contribution in [0.2, 0.25) is 5.02 Å². The van der Waals surface area contributed by atoms with Crippen molar-refractivity contribution in [3.8, 4) is 11.5 Å². The van der Waals surface area contributed by atoms with Crippen LogP contribution in [0, 0.1) is 11.7 Å². The molecule has 1 saturated heterocycles. The van der Waals surface area contributed by atoms with Crippen LogP contribution >= 0.6 is 11.6 Å². The van der Waals surface area contributed by atoms with E-state index in [0.29, 0.717) is 54.8 Å². The number of halogens is 2. The molecule has 1 unspecified atom stereocenters. The number of hydrogen-bond donors (Lipinski definition) is 0. The molecule has 1 amide bonds. The van der Waals surface area contributed by atoms with Gasteiger partial charge in [-0.2, -0.15) is 0 Å². The predicted octanol–water partition coefficient (Wildman–Crippen LogP) is 3.77. The SMILES string of the molecule is O=C(C1CCOC1)N(Cc1ccc2c(c1)OCO2)Cc1ccc(F)cc1Cl. The van der Waals surface area contributed by atoms with Crippen molar-refractivity contribution in [2.75, 3.05) is 20.0 Å². The number of rotatable bonds is 5. The number of nitrogens with zero attached hydrogens (tertiary/aromatic N) is 1. The van der Waals surface area contributed by atoms with Gasteiger partial charge in [0.15, 0.2) is 11.5 Å². The molecule has 2 heterocycles. The van der Waals surface area contributed by atoms with Crippen molar-refractivity contribution in [1.82, 2.24) is 4.90 Å². The molecule has 0 bridgehead atoms. The maximum absolute atomic E-state index is 13.4.